The summed E-state index contributed by atoms with van der Waals surface area (Å²) in [6.45, 7) is 5.79. The Morgan fingerprint density at radius 1 is 1.29 bits per heavy atom. The second-order valence-corrected chi connectivity index (χ2v) is 6.17. The van der Waals surface area contributed by atoms with Crippen molar-refractivity contribution in [3.63, 3.8) is 0 Å². The van der Waals surface area contributed by atoms with Crippen LogP contribution in [0.2, 0.25) is 0 Å². The predicted molar refractivity (Wildman–Crippen MR) is 84.7 cm³/mol. The normalized spacial score (nSPS) is 21.2. The van der Waals surface area contributed by atoms with E-state index in [1.807, 2.05) is 0 Å². The number of nitrogens with one attached hydrogen (secondary N) is 2. The van der Waals surface area contributed by atoms with Gasteiger partial charge in [0.25, 0.3) is 5.69 Å². The largest absolute Gasteiger partial charge is 0.485 e. The first-order chi connectivity index (χ1) is 11.0. The number of hydrogen-bond donors (Lipinski definition) is 3. The Hall–Kier alpha value is -2.68. The van der Waals surface area contributed by atoms with Crippen LogP contribution in [0, 0.1) is 10.1 Å². The van der Waals surface area contributed by atoms with Crippen LogP contribution in [0.15, 0.2) is 12.1 Å². The zero-order chi connectivity index (χ0) is 18.2. The number of nitro groups is 1. The van der Waals surface area contributed by atoms with Crippen molar-refractivity contribution in [2.24, 2.45) is 0 Å². The van der Waals surface area contributed by atoms with Crippen molar-refractivity contribution in [2.45, 2.75) is 45.4 Å². The van der Waals surface area contributed by atoms with Gasteiger partial charge in [-0.05, 0) is 13.8 Å². The molecule has 2 atom stereocenters. The lowest BCUT2D eigenvalue weighted by atomic mass is 9.86. The van der Waals surface area contributed by atoms with Gasteiger partial charge in [-0.15, -0.1) is 0 Å². The first-order valence-corrected chi connectivity index (χ1v) is 7.27. The standard InChI is InChI=1S/C15H19N3O6/c1-7(19)16-10-6-12-9(5-11(10)18(22)23)13(17-8(2)20)14(21)15(3,4)24-12/h5-6,13-14,21H,1-4H3,(H,16,19)(H,17,20)/t13?,14-/m0/s1. The van der Waals surface area contributed by atoms with E-state index >= 15 is 0 Å². The molecule has 2 rings (SSSR count). The van der Waals surface area contributed by atoms with Crippen LogP contribution in [-0.2, 0) is 9.59 Å². The van der Waals surface area contributed by atoms with Crippen LogP contribution in [0.5, 0.6) is 5.75 Å². The van der Waals surface area contributed by atoms with E-state index in [1.165, 1.54) is 26.0 Å². The van der Waals surface area contributed by atoms with Crippen molar-refractivity contribution in [1.82, 2.24) is 5.32 Å². The van der Waals surface area contributed by atoms with E-state index in [-0.39, 0.29) is 22.7 Å². The van der Waals surface area contributed by atoms with Crippen LogP contribution in [0.4, 0.5) is 11.4 Å². The summed E-state index contributed by atoms with van der Waals surface area (Å²) in [4.78, 5) is 33.4. The number of anilines is 1. The summed E-state index contributed by atoms with van der Waals surface area (Å²) >= 11 is 0. The number of carbonyl (C=O) groups is 2. The van der Waals surface area contributed by atoms with E-state index in [1.54, 1.807) is 13.8 Å². The van der Waals surface area contributed by atoms with Gasteiger partial charge in [0.1, 0.15) is 23.1 Å². The second-order valence-electron chi connectivity index (χ2n) is 6.17. The number of nitro benzene ring substituents is 1. The number of nitrogens with zero attached hydrogens (tertiary/aromatic N) is 1. The molecule has 0 spiro atoms. The Balaban J connectivity index is 2.64. The summed E-state index contributed by atoms with van der Waals surface area (Å²) in [7, 11) is 0. The quantitative estimate of drug-likeness (QED) is 0.562. The van der Waals surface area contributed by atoms with Crippen molar-refractivity contribution in [3.05, 3.63) is 27.8 Å². The van der Waals surface area contributed by atoms with E-state index in [0.29, 0.717) is 0 Å². The van der Waals surface area contributed by atoms with E-state index in [9.17, 15) is 24.8 Å². The third-order valence-electron chi connectivity index (χ3n) is 3.73. The Labute approximate surface area is 138 Å². The fourth-order valence-electron chi connectivity index (χ4n) is 2.65. The molecular formula is C15H19N3O6. The highest BCUT2D eigenvalue weighted by atomic mass is 16.6. The highest BCUT2D eigenvalue weighted by Crippen LogP contribution is 2.44. The fourth-order valence-corrected chi connectivity index (χ4v) is 2.65. The minimum Gasteiger partial charge on any atom is -0.485 e. The molecule has 0 bridgehead atoms. The second kappa shape index (κ2) is 6.08. The number of hydrogen-bond acceptors (Lipinski definition) is 6. The third kappa shape index (κ3) is 3.30. The highest BCUT2D eigenvalue weighted by molar-refractivity contribution is 5.92. The van der Waals surface area contributed by atoms with Crippen molar-refractivity contribution < 1.29 is 24.4 Å². The first-order valence-electron chi connectivity index (χ1n) is 7.27. The molecule has 130 valence electrons. The van der Waals surface area contributed by atoms with Gasteiger partial charge >= 0.3 is 0 Å². The molecule has 0 aliphatic carbocycles. The molecule has 0 saturated carbocycles. The molecule has 24 heavy (non-hydrogen) atoms. The van der Waals surface area contributed by atoms with Crippen molar-refractivity contribution in [3.8, 4) is 5.75 Å². The smallest absolute Gasteiger partial charge is 0.293 e. The molecule has 1 aromatic carbocycles. The van der Waals surface area contributed by atoms with Crippen LogP contribution >= 0.6 is 0 Å². The van der Waals surface area contributed by atoms with Crippen LogP contribution in [-0.4, -0.2) is 33.5 Å². The monoisotopic (exact) mass is 337 g/mol. The molecule has 0 saturated heterocycles. The summed E-state index contributed by atoms with van der Waals surface area (Å²) < 4.78 is 5.73. The number of aliphatic hydroxyl groups is 1. The molecule has 1 unspecified atom stereocenters. The maximum Gasteiger partial charge on any atom is 0.293 e. The Morgan fingerprint density at radius 2 is 1.92 bits per heavy atom. The average Bonchev–Trinajstić information content (AvgIpc) is 2.41. The number of rotatable bonds is 3. The van der Waals surface area contributed by atoms with Crippen LogP contribution in [0.3, 0.4) is 0 Å². The van der Waals surface area contributed by atoms with Crippen molar-refractivity contribution >= 4 is 23.2 Å². The highest BCUT2D eigenvalue weighted by Gasteiger charge is 2.44. The van der Waals surface area contributed by atoms with Crippen LogP contribution in [0.25, 0.3) is 0 Å². The summed E-state index contributed by atoms with van der Waals surface area (Å²) in [6.07, 6.45) is -1.11. The predicted octanol–water partition coefficient (Wildman–Crippen LogP) is 1.26. The van der Waals surface area contributed by atoms with Gasteiger partial charge in [-0.2, -0.15) is 0 Å². The maximum absolute atomic E-state index is 11.5. The Kier molecular flexibility index (Phi) is 4.48. The average molecular weight is 337 g/mol. The molecule has 9 heteroatoms. The SMILES string of the molecule is CC(=O)Nc1cc2c(cc1[N+](=O)[O-])C(NC(C)=O)[C@H](O)C(C)(C)O2. The zero-order valence-corrected chi connectivity index (χ0v) is 13.7. The number of benzene rings is 1. The number of fused-ring (bicyclic) bond motifs is 1. The lowest BCUT2D eigenvalue weighted by Crippen LogP contribution is -2.53. The molecule has 1 aliphatic rings. The van der Waals surface area contributed by atoms with Crippen molar-refractivity contribution in [1.29, 1.82) is 0 Å². The van der Waals surface area contributed by atoms with E-state index in [0.717, 1.165) is 0 Å². The molecule has 1 aromatic rings. The topological polar surface area (TPSA) is 131 Å². The summed E-state index contributed by atoms with van der Waals surface area (Å²) in [5, 5.41) is 26.7. The fraction of sp³-hybridized carbons (Fsp3) is 0.467. The molecule has 3 N–H and O–H groups in total. The maximum atomic E-state index is 11.5. The van der Waals surface area contributed by atoms with E-state index in [4.69, 9.17) is 4.74 Å². The molecule has 1 heterocycles. The van der Waals surface area contributed by atoms with Crippen LogP contribution in [0.1, 0.15) is 39.3 Å². The molecule has 1 aliphatic heterocycles. The molecular weight excluding hydrogens is 318 g/mol. The summed E-state index contributed by atoms with van der Waals surface area (Å²) in [6, 6.07) is 1.66. The van der Waals surface area contributed by atoms with Crippen LogP contribution < -0.4 is 15.4 Å². The Morgan fingerprint density at radius 3 is 2.42 bits per heavy atom. The number of ether oxygens (including phenoxy) is 1. The Bertz CT molecular complexity index is 715. The summed E-state index contributed by atoms with van der Waals surface area (Å²) in [5.74, 6) is -0.610. The molecule has 2 amide bonds. The lowest BCUT2D eigenvalue weighted by Gasteiger charge is -2.42. The minimum atomic E-state index is -1.11. The van der Waals surface area contributed by atoms with Gasteiger partial charge in [-0.3, -0.25) is 19.7 Å². The molecule has 0 radical (unpaired) electrons. The third-order valence-corrected chi connectivity index (χ3v) is 3.73. The van der Waals surface area contributed by atoms with E-state index < -0.39 is 34.5 Å². The van der Waals surface area contributed by atoms with Gasteiger partial charge in [0.15, 0.2) is 0 Å². The molecule has 0 fully saturated rings. The molecule has 9 nitrogen and oxygen atoms in total. The minimum absolute atomic E-state index is 0.0139. The lowest BCUT2D eigenvalue weighted by molar-refractivity contribution is -0.384. The van der Waals surface area contributed by atoms with Gasteiger partial charge in [0.05, 0.1) is 11.0 Å². The van der Waals surface area contributed by atoms with Gasteiger partial charge in [-0.1, -0.05) is 0 Å². The number of aliphatic hydroxyl groups excluding tert-OH is 1. The number of amides is 2. The number of carbonyl (C=O) groups excluding carboxylic acids is 2. The van der Waals surface area contributed by atoms with Gasteiger partial charge in [0, 0.05) is 31.5 Å². The first kappa shape index (κ1) is 17.7. The van der Waals surface area contributed by atoms with Gasteiger partial charge in [-0.25, -0.2) is 0 Å². The van der Waals surface area contributed by atoms with Gasteiger partial charge in [0.2, 0.25) is 11.8 Å². The van der Waals surface area contributed by atoms with E-state index in [2.05, 4.69) is 10.6 Å². The summed E-state index contributed by atoms with van der Waals surface area (Å²) in [5.41, 5.74) is -1.13. The van der Waals surface area contributed by atoms with Gasteiger partial charge < -0.3 is 20.5 Å². The molecule has 0 aromatic heterocycles. The zero-order valence-electron chi connectivity index (χ0n) is 13.7. The van der Waals surface area contributed by atoms with Crippen molar-refractivity contribution in [2.75, 3.05) is 5.32 Å².